The third-order valence-corrected chi connectivity index (χ3v) is 3.00. The van der Waals surface area contributed by atoms with Crippen LogP contribution in [0.2, 0.25) is 0 Å². The van der Waals surface area contributed by atoms with E-state index < -0.39 is 0 Å². The van der Waals surface area contributed by atoms with Crippen molar-refractivity contribution in [2.75, 3.05) is 0 Å². The van der Waals surface area contributed by atoms with Gasteiger partial charge in [0.1, 0.15) is 5.65 Å². The van der Waals surface area contributed by atoms with Crippen LogP contribution in [0.4, 0.5) is 0 Å². The van der Waals surface area contributed by atoms with Crippen LogP contribution in [0.1, 0.15) is 11.3 Å². The summed E-state index contributed by atoms with van der Waals surface area (Å²) in [5, 5.41) is 0. The van der Waals surface area contributed by atoms with Crippen molar-refractivity contribution in [2.45, 2.75) is 13.8 Å². The van der Waals surface area contributed by atoms with Crippen molar-refractivity contribution in [1.29, 1.82) is 0 Å². The first-order valence-electron chi connectivity index (χ1n) is 5.76. The number of nitrogens with zero attached hydrogens (tertiary/aromatic N) is 2. The summed E-state index contributed by atoms with van der Waals surface area (Å²) in [6, 6.07) is 14.6. The zero-order chi connectivity index (χ0) is 11.8. The van der Waals surface area contributed by atoms with Crippen molar-refractivity contribution in [1.82, 2.24) is 9.38 Å². The molecule has 17 heavy (non-hydrogen) atoms. The Kier molecular flexibility index (Phi) is 2.22. The van der Waals surface area contributed by atoms with Gasteiger partial charge < -0.3 is 0 Å². The molecule has 0 N–H and O–H groups in total. The highest BCUT2D eigenvalue weighted by atomic mass is 15.0. The van der Waals surface area contributed by atoms with Crippen molar-refractivity contribution in [3.05, 3.63) is 59.9 Å². The third-order valence-electron chi connectivity index (χ3n) is 3.00. The molecular formula is C15H14N2. The van der Waals surface area contributed by atoms with Gasteiger partial charge in [-0.1, -0.05) is 30.3 Å². The minimum absolute atomic E-state index is 1.02. The second-order valence-electron chi connectivity index (χ2n) is 4.34. The van der Waals surface area contributed by atoms with Crippen LogP contribution in [0.5, 0.6) is 0 Å². The molecule has 0 unspecified atom stereocenters. The molecule has 2 heteroatoms. The van der Waals surface area contributed by atoms with Gasteiger partial charge in [-0.2, -0.15) is 0 Å². The molecule has 2 heterocycles. The van der Waals surface area contributed by atoms with E-state index in [1.807, 2.05) is 6.07 Å². The Hall–Kier alpha value is -2.09. The first-order valence-corrected chi connectivity index (χ1v) is 5.76. The SMILES string of the molecule is Cc1ccn2c(-c3ccccc3)c(C)nc2c1. The largest absolute Gasteiger partial charge is 0.299 e. The summed E-state index contributed by atoms with van der Waals surface area (Å²) in [5.41, 5.74) is 5.72. The van der Waals surface area contributed by atoms with Gasteiger partial charge in [-0.25, -0.2) is 4.98 Å². The van der Waals surface area contributed by atoms with E-state index in [2.05, 4.69) is 65.8 Å². The molecule has 2 aromatic heterocycles. The Labute approximate surface area is 101 Å². The molecule has 2 nitrogen and oxygen atoms in total. The molecule has 0 amide bonds. The minimum Gasteiger partial charge on any atom is -0.299 e. The topological polar surface area (TPSA) is 17.3 Å². The van der Waals surface area contributed by atoms with Crippen molar-refractivity contribution in [3.8, 4) is 11.3 Å². The lowest BCUT2D eigenvalue weighted by molar-refractivity contribution is 1.17. The molecule has 0 aliphatic heterocycles. The maximum absolute atomic E-state index is 4.61. The van der Waals surface area contributed by atoms with Gasteiger partial charge in [-0.05, 0) is 31.5 Å². The van der Waals surface area contributed by atoms with Gasteiger partial charge >= 0.3 is 0 Å². The number of hydrogen-bond acceptors (Lipinski definition) is 1. The zero-order valence-electron chi connectivity index (χ0n) is 10.0. The summed E-state index contributed by atoms with van der Waals surface area (Å²) in [4.78, 5) is 4.61. The first kappa shape index (κ1) is 10.1. The number of rotatable bonds is 1. The van der Waals surface area contributed by atoms with Gasteiger partial charge in [-0.15, -0.1) is 0 Å². The van der Waals surface area contributed by atoms with Gasteiger partial charge in [0.15, 0.2) is 0 Å². The van der Waals surface area contributed by atoms with Gasteiger partial charge in [-0.3, -0.25) is 4.40 Å². The Morgan fingerprint density at radius 1 is 1.00 bits per heavy atom. The van der Waals surface area contributed by atoms with Crippen LogP contribution in [0, 0.1) is 13.8 Å². The second-order valence-corrected chi connectivity index (χ2v) is 4.34. The molecule has 0 bridgehead atoms. The number of imidazole rings is 1. The maximum Gasteiger partial charge on any atom is 0.137 e. The van der Waals surface area contributed by atoms with Crippen LogP contribution in [0.3, 0.4) is 0 Å². The van der Waals surface area contributed by atoms with Gasteiger partial charge in [0.25, 0.3) is 0 Å². The van der Waals surface area contributed by atoms with Crippen molar-refractivity contribution in [3.63, 3.8) is 0 Å². The smallest absolute Gasteiger partial charge is 0.137 e. The van der Waals surface area contributed by atoms with Crippen molar-refractivity contribution < 1.29 is 0 Å². The molecule has 0 saturated carbocycles. The fourth-order valence-electron chi connectivity index (χ4n) is 2.21. The predicted octanol–water partition coefficient (Wildman–Crippen LogP) is 3.62. The van der Waals surface area contributed by atoms with Crippen LogP contribution in [0.25, 0.3) is 16.9 Å². The van der Waals surface area contributed by atoms with Crippen LogP contribution in [-0.4, -0.2) is 9.38 Å². The molecule has 0 aliphatic rings. The summed E-state index contributed by atoms with van der Waals surface area (Å²) < 4.78 is 2.15. The Morgan fingerprint density at radius 2 is 1.76 bits per heavy atom. The highest BCUT2D eigenvalue weighted by Gasteiger charge is 2.09. The molecule has 3 rings (SSSR count). The number of benzene rings is 1. The lowest BCUT2D eigenvalue weighted by Crippen LogP contribution is -1.89. The summed E-state index contributed by atoms with van der Waals surface area (Å²) in [6.07, 6.45) is 2.09. The van der Waals surface area contributed by atoms with E-state index >= 15 is 0 Å². The normalized spacial score (nSPS) is 10.9. The monoisotopic (exact) mass is 222 g/mol. The molecule has 0 aliphatic carbocycles. The fraction of sp³-hybridized carbons (Fsp3) is 0.133. The van der Waals surface area contributed by atoms with Gasteiger partial charge in [0.05, 0.1) is 11.4 Å². The second kappa shape index (κ2) is 3.74. The van der Waals surface area contributed by atoms with Gasteiger partial charge in [0.2, 0.25) is 0 Å². The van der Waals surface area contributed by atoms with Crippen molar-refractivity contribution >= 4 is 5.65 Å². The number of hydrogen-bond donors (Lipinski definition) is 0. The Morgan fingerprint density at radius 3 is 2.53 bits per heavy atom. The average molecular weight is 222 g/mol. The van der Waals surface area contributed by atoms with E-state index in [1.165, 1.54) is 16.8 Å². The molecule has 0 atom stereocenters. The summed E-state index contributed by atoms with van der Waals surface area (Å²) in [5.74, 6) is 0. The Bertz CT molecular complexity index is 666. The molecule has 1 aromatic carbocycles. The van der Waals surface area contributed by atoms with E-state index in [4.69, 9.17) is 0 Å². The summed E-state index contributed by atoms with van der Waals surface area (Å²) in [6.45, 7) is 4.15. The molecule has 3 aromatic rings. The molecule has 0 fully saturated rings. The number of aromatic nitrogens is 2. The zero-order valence-corrected chi connectivity index (χ0v) is 10.0. The third kappa shape index (κ3) is 1.62. The predicted molar refractivity (Wildman–Crippen MR) is 70.1 cm³/mol. The van der Waals surface area contributed by atoms with Crippen LogP contribution >= 0.6 is 0 Å². The molecule has 84 valence electrons. The Balaban J connectivity index is 2.33. The summed E-state index contributed by atoms with van der Waals surface area (Å²) in [7, 11) is 0. The van der Waals surface area contributed by atoms with E-state index in [9.17, 15) is 0 Å². The standard InChI is InChI=1S/C15H14N2/c1-11-8-9-17-14(10-11)16-12(2)15(17)13-6-4-3-5-7-13/h3-10H,1-2H3. The van der Waals surface area contributed by atoms with E-state index in [1.54, 1.807) is 0 Å². The van der Waals surface area contributed by atoms with E-state index in [-0.39, 0.29) is 0 Å². The number of fused-ring (bicyclic) bond motifs is 1. The van der Waals surface area contributed by atoms with E-state index in [0.717, 1.165) is 11.3 Å². The molecule has 0 radical (unpaired) electrons. The van der Waals surface area contributed by atoms with Crippen LogP contribution in [-0.2, 0) is 0 Å². The minimum atomic E-state index is 1.02. The molecule has 0 saturated heterocycles. The average Bonchev–Trinajstić information content (AvgIpc) is 2.65. The first-order chi connectivity index (χ1) is 8.25. The maximum atomic E-state index is 4.61. The van der Waals surface area contributed by atoms with Gasteiger partial charge in [0, 0.05) is 11.8 Å². The van der Waals surface area contributed by atoms with Crippen molar-refractivity contribution in [2.24, 2.45) is 0 Å². The molecule has 0 spiro atoms. The highest BCUT2D eigenvalue weighted by Crippen LogP contribution is 2.24. The summed E-state index contributed by atoms with van der Waals surface area (Å²) >= 11 is 0. The quantitative estimate of drug-likeness (QED) is 0.614. The number of pyridine rings is 1. The molecular weight excluding hydrogens is 208 g/mol. The van der Waals surface area contributed by atoms with E-state index in [0.29, 0.717) is 0 Å². The van der Waals surface area contributed by atoms with Crippen LogP contribution in [0.15, 0.2) is 48.7 Å². The fourth-order valence-corrected chi connectivity index (χ4v) is 2.21. The lowest BCUT2D eigenvalue weighted by Gasteiger charge is -2.03. The highest BCUT2D eigenvalue weighted by molar-refractivity contribution is 5.67. The number of aryl methyl sites for hydroxylation is 2. The van der Waals surface area contributed by atoms with Crippen LogP contribution < -0.4 is 0 Å². The lowest BCUT2D eigenvalue weighted by atomic mass is 10.1.